The molecule has 1 N–H and O–H groups in total. The van der Waals surface area contributed by atoms with E-state index in [4.69, 9.17) is 4.74 Å². The highest BCUT2D eigenvalue weighted by Gasteiger charge is 2.28. The van der Waals surface area contributed by atoms with E-state index >= 15 is 0 Å². The number of hydrogen-bond acceptors (Lipinski definition) is 5. The minimum atomic E-state index is -2.52. The number of aryl methyl sites for hydroxylation is 1. The largest absolute Gasteiger partial charge is 0.374 e. The Morgan fingerprint density at radius 2 is 2.15 bits per heavy atom. The summed E-state index contributed by atoms with van der Waals surface area (Å²) in [7, 11) is 1.58. The molecule has 0 fully saturated rings. The first-order valence-corrected chi connectivity index (χ1v) is 6.15. The lowest BCUT2D eigenvalue weighted by Crippen LogP contribution is -2.15. The molecule has 114 valence electrons. The van der Waals surface area contributed by atoms with E-state index in [1.54, 1.807) is 7.05 Å². The number of rotatable bonds is 8. The monoisotopic (exact) mass is 292 g/mol. The van der Waals surface area contributed by atoms with E-state index in [1.807, 2.05) is 13.8 Å². The van der Waals surface area contributed by atoms with E-state index in [9.17, 15) is 18.9 Å². The van der Waals surface area contributed by atoms with Crippen molar-refractivity contribution in [2.75, 3.05) is 25.1 Å². The molecule has 0 saturated heterocycles. The molecule has 7 nitrogen and oxygen atoms in total. The fourth-order valence-electron chi connectivity index (χ4n) is 1.71. The Bertz CT molecular complexity index is 463. The first-order valence-electron chi connectivity index (χ1n) is 6.15. The third-order valence-corrected chi connectivity index (χ3v) is 2.56. The van der Waals surface area contributed by atoms with Gasteiger partial charge in [0.25, 0.3) is 6.43 Å². The van der Waals surface area contributed by atoms with Gasteiger partial charge in [-0.15, -0.1) is 0 Å². The Morgan fingerprint density at radius 1 is 1.50 bits per heavy atom. The number of aromatic nitrogens is 2. The van der Waals surface area contributed by atoms with Gasteiger partial charge < -0.3 is 10.1 Å². The highest BCUT2D eigenvalue weighted by atomic mass is 19.3. The fourth-order valence-corrected chi connectivity index (χ4v) is 1.71. The summed E-state index contributed by atoms with van der Waals surface area (Å²) < 4.78 is 29.8. The maximum atomic E-state index is 11.9. The Balaban J connectivity index is 2.72. The van der Waals surface area contributed by atoms with Crippen LogP contribution in [-0.2, 0) is 11.8 Å². The molecule has 1 heterocycles. The van der Waals surface area contributed by atoms with Crippen LogP contribution in [0.15, 0.2) is 0 Å². The van der Waals surface area contributed by atoms with E-state index in [2.05, 4.69) is 10.4 Å². The number of anilines is 1. The number of ether oxygens (including phenoxy) is 1. The minimum absolute atomic E-state index is 0.0314. The van der Waals surface area contributed by atoms with Crippen molar-refractivity contribution in [1.82, 2.24) is 9.78 Å². The number of nitrogens with zero attached hydrogens (tertiary/aromatic N) is 3. The summed E-state index contributed by atoms with van der Waals surface area (Å²) in [4.78, 5) is 10.6. The second kappa shape index (κ2) is 7.13. The van der Waals surface area contributed by atoms with Crippen molar-refractivity contribution in [2.45, 2.75) is 26.2 Å². The molecule has 0 bridgehead atoms. The summed E-state index contributed by atoms with van der Waals surface area (Å²) in [5, 5.41) is 18.0. The molecule has 0 spiro atoms. The van der Waals surface area contributed by atoms with Crippen molar-refractivity contribution in [1.29, 1.82) is 0 Å². The quantitative estimate of drug-likeness (QED) is 0.451. The summed E-state index contributed by atoms with van der Waals surface area (Å²) >= 11 is 0. The van der Waals surface area contributed by atoms with Crippen molar-refractivity contribution in [3.63, 3.8) is 0 Å². The lowest BCUT2D eigenvalue weighted by molar-refractivity contribution is -0.384. The van der Waals surface area contributed by atoms with Gasteiger partial charge in [-0.2, -0.15) is 5.10 Å². The Hall–Kier alpha value is -1.77. The van der Waals surface area contributed by atoms with Gasteiger partial charge in [-0.1, -0.05) is 13.8 Å². The van der Waals surface area contributed by atoms with Gasteiger partial charge in [0.1, 0.15) is 12.3 Å². The topological polar surface area (TPSA) is 82.2 Å². The average molecular weight is 292 g/mol. The highest BCUT2D eigenvalue weighted by molar-refractivity contribution is 5.60. The molecule has 0 saturated carbocycles. The fraction of sp³-hybridized carbons (Fsp3) is 0.727. The van der Waals surface area contributed by atoms with E-state index in [0.717, 1.165) is 0 Å². The Morgan fingerprint density at radius 3 is 2.65 bits per heavy atom. The molecule has 0 aliphatic carbocycles. The van der Waals surface area contributed by atoms with Crippen LogP contribution >= 0.6 is 0 Å². The van der Waals surface area contributed by atoms with Crippen molar-refractivity contribution in [3.05, 3.63) is 15.8 Å². The lowest BCUT2D eigenvalue weighted by Gasteiger charge is -2.07. The van der Waals surface area contributed by atoms with Crippen LogP contribution < -0.4 is 5.32 Å². The van der Waals surface area contributed by atoms with Crippen LogP contribution in [0, 0.1) is 10.1 Å². The second-order valence-corrected chi connectivity index (χ2v) is 4.51. The molecule has 0 unspecified atom stereocenters. The molecule has 0 atom stereocenters. The van der Waals surface area contributed by atoms with Gasteiger partial charge in [0.15, 0.2) is 0 Å². The molecular formula is C11H18F2N4O3. The Labute approximate surface area is 115 Å². The summed E-state index contributed by atoms with van der Waals surface area (Å²) in [5.74, 6) is 0.159. The van der Waals surface area contributed by atoms with Crippen LogP contribution in [0.1, 0.15) is 25.5 Å². The van der Waals surface area contributed by atoms with Gasteiger partial charge in [-0.25, -0.2) is 13.5 Å². The zero-order chi connectivity index (χ0) is 15.3. The summed E-state index contributed by atoms with van der Waals surface area (Å²) in [6.45, 7) is 3.19. The average Bonchev–Trinajstić information content (AvgIpc) is 2.66. The molecule has 0 amide bonds. The molecule has 0 aliphatic heterocycles. The van der Waals surface area contributed by atoms with E-state index in [1.165, 1.54) is 4.68 Å². The van der Waals surface area contributed by atoms with Crippen LogP contribution in [-0.4, -0.2) is 40.9 Å². The van der Waals surface area contributed by atoms with Crippen molar-refractivity contribution in [2.24, 2.45) is 7.05 Å². The van der Waals surface area contributed by atoms with E-state index in [0.29, 0.717) is 5.69 Å². The van der Waals surface area contributed by atoms with Crippen LogP contribution in [0.4, 0.5) is 20.3 Å². The molecule has 20 heavy (non-hydrogen) atoms. The van der Waals surface area contributed by atoms with Crippen molar-refractivity contribution < 1.29 is 18.4 Å². The van der Waals surface area contributed by atoms with Crippen LogP contribution in [0.2, 0.25) is 0 Å². The Kier molecular flexibility index (Phi) is 5.81. The molecular weight excluding hydrogens is 274 g/mol. The maximum absolute atomic E-state index is 11.9. The zero-order valence-corrected chi connectivity index (χ0v) is 11.6. The number of hydrogen-bond donors (Lipinski definition) is 1. The van der Waals surface area contributed by atoms with Gasteiger partial charge in [0.05, 0.1) is 11.5 Å². The van der Waals surface area contributed by atoms with Gasteiger partial charge in [-0.05, 0) is 0 Å². The predicted octanol–water partition coefficient (Wildman–Crippen LogP) is 2.15. The zero-order valence-electron chi connectivity index (χ0n) is 11.6. The van der Waals surface area contributed by atoms with Gasteiger partial charge in [0.2, 0.25) is 5.82 Å². The maximum Gasteiger partial charge on any atom is 0.334 e. The van der Waals surface area contributed by atoms with Gasteiger partial charge in [0, 0.05) is 19.5 Å². The van der Waals surface area contributed by atoms with E-state index < -0.39 is 18.0 Å². The summed E-state index contributed by atoms with van der Waals surface area (Å²) in [5.41, 5.74) is 0.296. The summed E-state index contributed by atoms with van der Waals surface area (Å²) in [6, 6.07) is 0. The molecule has 9 heteroatoms. The van der Waals surface area contributed by atoms with Crippen molar-refractivity contribution in [3.8, 4) is 0 Å². The molecule has 1 aromatic heterocycles. The predicted molar refractivity (Wildman–Crippen MR) is 69.3 cm³/mol. The molecule has 0 radical (unpaired) electrons. The first-order chi connectivity index (χ1) is 9.34. The molecule has 0 aliphatic rings. The molecule has 1 aromatic rings. The summed E-state index contributed by atoms with van der Waals surface area (Å²) in [6.07, 6.45) is -2.52. The third kappa shape index (κ3) is 4.12. The highest BCUT2D eigenvalue weighted by Crippen LogP contribution is 2.32. The van der Waals surface area contributed by atoms with Crippen LogP contribution in [0.5, 0.6) is 0 Å². The number of nitro groups is 1. The van der Waals surface area contributed by atoms with Crippen LogP contribution in [0.25, 0.3) is 0 Å². The van der Waals surface area contributed by atoms with Crippen LogP contribution in [0.3, 0.4) is 0 Å². The van der Waals surface area contributed by atoms with Crippen molar-refractivity contribution >= 4 is 11.5 Å². The van der Waals surface area contributed by atoms with Gasteiger partial charge >= 0.3 is 5.69 Å². The second-order valence-electron chi connectivity index (χ2n) is 4.51. The first kappa shape index (κ1) is 16.3. The lowest BCUT2D eigenvalue weighted by atomic mass is 10.1. The molecule has 0 aromatic carbocycles. The van der Waals surface area contributed by atoms with Gasteiger partial charge in [-0.3, -0.25) is 10.1 Å². The number of nitrogens with one attached hydrogen (secondary N) is 1. The normalized spacial score (nSPS) is 11.3. The standard InChI is InChI=1S/C11H18F2N4O3/c1-7(2)9-10(17(18)19)11(16(3)15-9)14-4-5-20-6-8(12)13/h7-8,14H,4-6H2,1-3H3. The smallest absolute Gasteiger partial charge is 0.334 e. The number of alkyl halides is 2. The SMILES string of the molecule is CC(C)c1nn(C)c(NCCOCC(F)F)c1[N+](=O)[O-]. The minimum Gasteiger partial charge on any atom is -0.374 e. The van der Waals surface area contributed by atoms with E-state index in [-0.39, 0.29) is 30.6 Å². The third-order valence-electron chi connectivity index (χ3n) is 2.56. The number of halogens is 2. The molecule has 1 rings (SSSR count).